The summed E-state index contributed by atoms with van der Waals surface area (Å²) in [4.78, 5) is 0. The van der Waals surface area contributed by atoms with Gasteiger partial charge in [-0.05, 0) is 22.3 Å². The number of fused-ring (bicyclic) bond motifs is 1. The van der Waals surface area contributed by atoms with E-state index in [1.54, 1.807) is 0 Å². The molecule has 102 valence electrons. The number of hydrogen-bond acceptors (Lipinski definition) is 1. The quantitative estimate of drug-likeness (QED) is 0.725. The Morgan fingerprint density at radius 3 is 1.29 bits per heavy atom. The van der Waals surface area contributed by atoms with Crippen molar-refractivity contribution in [3.8, 4) is 0 Å². The zero-order valence-electron chi connectivity index (χ0n) is 11.7. The largest absolute Gasteiger partial charge is 0.295 e. The Morgan fingerprint density at radius 1 is 0.476 bits per heavy atom. The van der Waals surface area contributed by atoms with Gasteiger partial charge >= 0.3 is 0 Å². The lowest BCUT2D eigenvalue weighted by Crippen LogP contribution is -2.19. The van der Waals surface area contributed by atoms with Crippen LogP contribution in [0, 0.1) is 0 Å². The topological polar surface area (TPSA) is 12.0 Å². The molecular formula is C20H17N. The van der Waals surface area contributed by atoms with Crippen LogP contribution in [0.2, 0.25) is 0 Å². The summed E-state index contributed by atoms with van der Waals surface area (Å²) in [7, 11) is 0. The summed E-state index contributed by atoms with van der Waals surface area (Å²) >= 11 is 0. The van der Waals surface area contributed by atoms with E-state index < -0.39 is 0 Å². The highest BCUT2D eigenvalue weighted by Crippen LogP contribution is 2.39. The molecule has 1 aliphatic heterocycles. The molecule has 0 amide bonds. The summed E-state index contributed by atoms with van der Waals surface area (Å²) in [6, 6.07) is 30.6. The number of nitrogens with one attached hydrogen (secondary N) is 1. The zero-order valence-corrected chi connectivity index (χ0v) is 11.7. The average molecular weight is 271 g/mol. The van der Waals surface area contributed by atoms with E-state index in [9.17, 15) is 0 Å². The predicted octanol–water partition coefficient (Wildman–Crippen LogP) is 4.47. The van der Waals surface area contributed by atoms with Crippen molar-refractivity contribution in [2.45, 2.75) is 12.1 Å². The molecular weight excluding hydrogens is 254 g/mol. The predicted molar refractivity (Wildman–Crippen MR) is 86.1 cm³/mol. The van der Waals surface area contributed by atoms with Gasteiger partial charge in [0.2, 0.25) is 0 Å². The molecule has 1 heteroatoms. The summed E-state index contributed by atoms with van der Waals surface area (Å²) in [6.45, 7) is 0. The van der Waals surface area contributed by atoms with E-state index >= 15 is 0 Å². The fourth-order valence-corrected chi connectivity index (χ4v) is 3.23. The number of hydrogen-bond donors (Lipinski definition) is 1. The molecule has 21 heavy (non-hydrogen) atoms. The Kier molecular flexibility index (Phi) is 3.06. The summed E-state index contributed by atoms with van der Waals surface area (Å²) in [5.74, 6) is 0. The van der Waals surface area contributed by atoms with E-state index in [0.29, 0.717) is 0 Å². The summed E-state index contributed by atoms with van der Waals surface area (Å²) in [6.07, 6.45) is 0. The van der Waals surface area contributed by atoms with Crippen LogP contribution < -0.4 is 5.32 Å². The first-order chi connectivity index (χ1) is 10.4. The second kappa shape index (κ2) is 5.19. The third-order valence-corrected chi connectivity index (χ3v) is 4.22. The number of benzene rings is 3. The fourth-order valence-electron chi connectivity index (χ4n) is 3.23. The van der Waals surface area contributed by atoms with Gasteiger partial charge in [0.05, 0.1) is 12.1 Å². The standard InChI is InChI=1S/C20H17N/c1-3-9-15(10-4-1)19-17-13-7-8-14-18(17)20(21-19)16-11-5-2-6-12-16/h1-14,19-21H/t19-,20-/m1/s1. The minimum atomic E-state index is 0.271. The Hall–Kier alpha value is -2.38. The molecule has 0 fully saturated rings. The molecule has 0 saturated heterocycles. The first-order valence-electron chi connectivity index (χ1n) is 7.38. The molecule has 0 saturated carbocycles. The van der Waals surface area contributed by atoms with Gasteiger partial charge in [0.25, 0.3) is 0 Å². The molecule has 1 N–H and O–H groups in total. The van der Waals surface area contributed by atoms with Crippen molar-refractivity contribution >= 4 is 0 Å². The van der Waals surface area contributed by atoms with Crippen LogP contribution in [-0.4, -0.2) is 0 Å². The SMILES string of the molecule is c1ccc([C@H]2N[C@H](c3ccccc3)c3ccccc32)cc1. The van der Waals surface area contributed by atoms with Crippen molar-refractivity contribution in [1.29, 1.82) is 0 Å². The molecule has 4 rings (SSSR count). The zero-order chi connectivity index (χ0) is 14.1. The summed E-state index contributed by atoms with van der Waals surface area (Å²) < 4.78 is 0. The van der Waals surface area contributed by atoms with E-state index in [-0.39, 0.29) is 12.1 Å². The van der Waals surface area contributed by atoms with Crippen molar-refractivity contribution in [1.82, 2.24) is 5.32 Å². The van der Waals surface area contributed by atoms with Crippen LogP contribution in [-0.2, 0) is 0 Å². The second-order valence-electron chi connectivity index (χ2n) is 5.48. The van der Waals surface area contributed by atoms with Crippen LogP contribution >= 0.6 is 0 Å². The molecule has 0 aromatic heterocycles. The van der Waals surface area contributed by atoms with E-state index in [1.165, 1.54) is 22.3 Å². The van der Waals surface area contributed by atoms with E-state index in [0.717, 1.165) is 0 Å². The van der Waals surface area contributed by atoms with E-state index in [2.05, 4.69) is 90.2 Å². The van der Waals surface area contributed by atoms with Crippen molar-refractivity contribution in [3.05, 3.63) is 107 Å². The molecule has 1 nitrogen and oxygen atoms in total. The normalized spacial score (nSPS) is 20.2. The van der Waals surface area contributed by atoms with Crippen molar-refractivity contribution in [2.75, 3.05) is 0 Å². The molecule has 1 aliphatic rings. The van der Waals surface area contributed by atoms with Gasteiger partial charge < -0.3 is 0 Å². The van der Waals surface area contributed by atoms with Gasteiger partial charge in [-0.15, -0.1) is 0 Å². The fraction of sp³-hybridized carbons (Fsp3) is 0.100. The molecule has 0 spiro atoms. The lowest BCUT2D eigenvalue weighted by molar-refractivity contribution is 0.601. The molecule has 3 aromatic carbocycles. The van der Waals surface area contributed by atoms with Gasteiger partial charge in [0.15, 0.2) is 0 Å². The van der Waals surface area contributed by atoms with Crippen LogP contribution in [0.5, 0.6) is 0 Å². The molecule has 0 unspecified atom stereocenters. The lowest BCUT2D eigenvalue weighted by atomic mass is 9.95. The lowest BCUT2D eigenvalue weighted by Gasteiger charge is -2.16. The van der Waals surface area contributed by atoms with Gasteiger partial charge in [0, 0.05) is 0 Å². The van der Waals surface area contributed by atoms with Crippen LogP contribution in [0.3, 0.4) is 0 Å². The third-order valence-electron chi connectivity index (χ3n) is 4.22. The molecule has 3 aromatic rings. The van der Waals surface area contributed by atoms with Gasteiger partial charge in [-0.1, -0.05) is 84.9 Å². The molecule has 1 heterocycles. The third kappa shape index (κ3) is 2.16. The van der Waals surface area contributed by atoms with Crippen molar-refractivity contribution in [3.63, 3.8) is 0 Å². The van der Waals surface area contributed by atoms with Gasteiger partial charge in [0.1, 0.15) is 0 Å². The summed E-state index contributed by atoms with van der Waals surface area (Å²) in [5, 5.41) is 3.79. The minimum Gasteiger partial charge on any atom is -0.295 e. The van der Waals surface area contributed by atoms with Gasteiger partial charge in [-0.25, -0.2) is 0 Å². The maximum Gasteiger partial charge on any atom is 0.0587 e. The van der Waals surface area contributed by atoms with E-state index in [1.807, 2.05) is 0 Å². The van der Waals surface area contributed by atoms with Crippen LogP contribution in [0.4, 0.5) is 0 Å². The Labute approximate surface area is 125 Å². The monoisotopic (exact) mass is 271 g/mol. The number of rotatable bonds is 2. The van der Waals surface area contributed by atoms with E-state index in [4.69, 9.17) is 0 Å². The van der Waals surface area contributed by atoms with Gasteiger partial charge in [-0.2, -0.15) is 0 Å². The molecule has 0 bridgehead atoms. The van der Waals surface area contributed by atoms with Crippen LogP contribution in [0.15, 0.2) is 84.9 Å². The molecule has 0 aliphatic carbocycles. The smallest absolute Gasteiger partial charge is 0.0587 e. The Balaban J connectivity index is 1.81. The average Bonchev–Trinajstić information content (AvgIpc) is 2.96. The van der Waals surface area contributed by atoms with Gasteiger partial charge in [-0.3, -0.25) is 5.32 Å². The van der Waals surface area contributed by atoms with Crippen molar-refractivity contribution < 1.29 is 0 Å². The Bertz CT molecular complexity index is 670. The highest BCUT2D eigenvalue weighted by molar-refractivity contribution is 5.47. The second-order valence-corrected chi connectivity index (χ2v) is 5.48. The van der Waals surface area contributed by atoms with Crippen molar-refractivity contribution in [2.24, 2.45) is 0 Å². The van der Waals surface area contributed by atoms with Crippen LogP contribution in [0.1, 0.15) is 34.3 Å². The van der Waals surface area contributed by atoms with Crippen LogP contribution in [0.25, 0.3) is 0 Å². The molecule has 0 radical (unpaired) electrons. The molecule has 2 atom stereocenters. The highest BCUT2D eigenvalue weighted by Gasteiger charge is 2.31. The summed E-state index contributed by atoms with van der Waals surface area (Å²) in [5.41, 5.74) is 5.42. The highest BCUT2D eigenvalue weighted by atomic mass is 15.0. The first kappa shape index (κ1) is 12.4. The first-order valence-corrected chi connectivity index (χ1v) is 7.38. The Morgan fingerprint density at radius 2 is 0.857 bits per heavy atom. The maximum absolute atomic E-state index is 3.79. The minimum absolute atomic E-state index is 0.271. The maximum atomic E-state index is 3.79.